The van der Waals surface area contributed by atoms with E-state index in [0.717, 1.165) is 15.4 Å². The van der Waals surface area contributed by atoms with Crippen molar-refractivity contribution in [1.29, 1.82) is 0 Å². The third-order valence-electron chi connectivity index (χ3n) is 5.97. The minimum Gasteiger partial charge on any atom is -0.490 e. The van der Waals surface area contributed by atoms with Gasteiger partial charge in [-0.2, -0.15) is 0 Å². The molecule has 1 aliphatic rings. The Balaban J connectivity index is 1.33. The highest BCUT2D eigenvalue weighted by Crippen LogP contribution is 2.32. The molecule has 0 saturated heterocycles. The fourth-order valence-electron chi connectivity index (χ4n) is 4.31. The van der Waals surface area contributed by atoms with E-state index >= 15 is 0 Å². The van der Waals surface area contributed by atoms with Crippen molar-refractivity contribution in [2.75, 3.05) is 25.1 Å². The van der Waals surface area contributed by atoms with Crippen LogP contribution in [0, 0.1) is 0 Å². The van der Waals surface area contributed by atoms with Crippen LogP contribution in [0.4, 0.5) is 5.69 Å². The second-order valence-corrected chi connectivity index (χ2v) is 10.2. The Bertz CT molecular complexity index is 1490. The molecule has 0 fully saturated rings. The van der Waals surface area contributed by atoms with Crippen molar-refractivity contribution in [3.63, 3.8) is 0 Å². The molecule has 4 aromatic rings. The Morgan fingerprint density at radius 3 is 2.54 bits per heavy atom. The van der Waals surface area contributed by atoms with Crippen LogP contribution in [0.2, 0.25) is 0 Å². The molecule has 35 heavy (non-hydrogen) atoms. The number of ether oxygens (including phenoxy) is 2. The van der Waals surface area contributed by atoms with Crippen LogP contribution in [-0.4, -0.2) is 49.8 Å². The van der Waals surface area contributed by atoms with Gasteiger partial charge >= 0.3 is 5.97 Å². The molecule has 8 nitrogen and oxygen atoms in total. The van der Waals surface area contributed by atoms with Crippen molar-refractivity contribution < 1.29 is 27.8 Å². The maximum Gasteiger partial charge on any atom is 0.307 e. The zero-order valence-corrected chi connectivity index (χ0v) is 19.8. The molecule has 5 rings (SSSR count). The van der Waals surface area contributed by atoms with Gasteiger partial charge in [0.05, 0.1) is 29.1 Å². The fourth-order valence-corrected chi connectivity index (χ4v) is 5.70. The molecule has 1 N–H and O–H groups in total. The lowest BCUT2D eigenvalue weighted by atomic mass is 10.1. The summed E-state index contributed by atoms with van der Waals surface area (Å²) in [4.78, 5) is 13.4. The predicted octanol–water partition coefficient (Wildman–Crippen LogP) is 3.78. The van der Waals surface area contributed by atoms with Gasteiger partial charge in [0.25, 0.3) is 10.0 Å². The van der Waals surface area contributed by atoms with Gasteiger partial charge in [-0.1, -0.05) is 30.3 Å². The van der Waals surface area contributed by atoms with Gasteiger partial charge in [0.2, 0.25) is 0 Å². The van der Waals surface area contributed by atoms with Crippen LogP contribution in [0.5, 0.6) is 11.5 Å². The largest absolute Gasteiger partial charge is 0.490 e. The van der Waals surface area contributed by atoms with Gasteiger partial charge in [0.15, 0.2) is 0 Å². The molecule has 0 spiro atoms. The first-order chi connectivity index (χ1) is 16.8. The Morgan fingerprint density at radius 1 is 1.06 bits per heavy atom. The SMILES string of the molecule is CN1C[C@@H](COc2ccc(S(=O)(=O)n3cc(CC(=O)O)c4ccccc43)cc2)Oc2ccccc21. The average molecular weight is 493 g/mol. The van der Waals surface area contributed by atoms with Crippen molar-refractivity contribution in [1.82, 2.24) is 3.97 Å². The average Bonchev–Trinajstić information content (AvgIpc) is 3.22. The van der Waals surface area contributed by atoms with Crippen LogP contribution in [0.25, 0.3) is 10.9 Å². The van der Waals surface area contributed by atoms with Crippen LogP contribution < -0.4 is 14.4 Å². The van der Waals surface area contributed by atoms with Crippen molar-refractivity contribution in [3.8, 4) is 11.5 Å². The number of fused-ring (bicyclic) bond motifs is 2. The molecule has 9 heteroatoms. The summed E-state index contributed by atoms with van der Waals surface area (Å²) >= 11 is 0. The van der Waals surface area contributed by atoms with E-state index in [9.17, 15) is 18.3 Å². The number of aromatic nitrogens is 1. The molecule has 0 radical (unpaired) electrons. The lowest BCUT2D eigenvalue weighted by molar-refractivity contribution is -0.136. The summed E-state index contributed by atoms with van der Waals surface area (Å²) in [6.07, 6.45) is 0.948. The van der Waals surface area contributed by atoms with Crippen molar-refractivity contribution in [3.05, 3.63) is 84.6 Å². The van der Waals surface area contributed by atoms with Gasteiger partial charge in [-0.15, -0.1) is 0 Å². The Hall–Kier alpha value is -3.98. The highest BCUT2D eigenvalue weighted by atomic mass is 32.2. The van der Waals surface area contributed by atoms with Gasteiger partial charge < -0.3 is 19.5 Å². The van der Waals surface area contributed by atoms with E-state index in [1.807, 2.05) is 31.3 Å². The first kappa shape index (κ1) is 22.8. The number of hydrogen-bond acceptors (Lipinski definition) is 6. The maximum absolute atomic E-state index is 13.4. The predicted molar refractivity (Wildman–Crippen MR) is 132 cm³/mol. The molecule has 0 unspecified atom stereocenters. The first-order valence-corrected chi connectivity index (χ1v) is 12.5. The minimum atomic E-state index is -3.94. The Morgan fingerprint density at radius 2 is 1.77 bits per heavy atom. The van der Waals surface area contributed by atoms with Crippen LogP contribution in [0.3, 0.4) is 0 Å². The summed E-state index contributed by atoms with van der Waals surface area (Å²) in [6.45, 7) is 0.981. The molecule has 1 aromatic heterocycles. The number of hydrogen-bond donors (Lipinski definition) is 1. The van der Waals surface area contributed by atoms with Gasteiger partial charge in [0.1, 0.15) is 24.2 Å². The molecule has 0 amide bonds. The van der Waals surface area contributed by atoms with Gasteiger partial charge in [-0.05, 0) is 48.0 Å². The summed E-state index contributed by atoms with van der Waals surface area (Å²) in [7, 11) is -1.94. The van der Waals surface area contributed by atoms with E-state index in [1.54, 1.807) is 36.4 Å². The number of rotatable bonds is 7. The zero-order valence-electron chi connectivity index (χ0n) is 19.0. The first-order valence-electron chi connectivity index (χ1n) is 11.1. The molecule has 0 bridgehead atoms. The second kappa shape index (κ2) is 8.99. The van der Waals surface area contributed by atoms with Crippen LogP contribution in [-0.2, 0) is 21.2 Å². The highest BCUT2D eigenvalue weighted by molar-refractivity contribution is 7.90. The number of para-hydroxylation sites is 3. The summed E-state index contributed by atoms with van der Waals surface area (Å²) in [5.41, 5.74) is 1.90. The van der Waals surface area contributed by atoms with E-state index in [1.165, 1.54) is 18.3 Å². The number of aliphatic carboxylic acids is 1. The van der Waals surface area contributed by atoms with E-state index < -0.39 is 16.0 Å². The number of likely N-dealkylation sites (N-methyl/N-ethyl adjacent to an activating group) is 1. The van der Waals surface area contributed by atoms with E-state index in [2.05, 4.69) is 4.90 Å². The highest BCUT2D eigenvalue weighted by Gasteiger charge is 2.24. The number of anilines is 1. The molecule has 1 aliphatic heterocycles. The molecule has 0 saturated carbocycles. The summed E-state index contributed by atoms with van der Waals surface area (Å²) in [5, 5.41) is 9.80. The van der Waals surface area contributed by atoms with Gasteiger partial charge in [0, 0.05) is 18.6 Å². The molecular weight excluding hydrogens is 468 g/mol. The molecule has 2 heterocycles. The van der Waals surface area contributed by atoms with Crippen molar-refractivity contribution in [2.45, 2.75) is 17.4 Å². The molecular formula is C26H24N2O6S. The Labute approximate surface area is 203 Å². The van der Waals surface area contributed by atoms with Crippen LogP contribution >= 0.6 is 0 Å². The third kappa shape index (κ3) is 4.42. The summed E-state index contributed by atoms with van der Waals surface area (Å²) < 4.78 is 39.8. The zero-order chi connectivity index (χ0) is 24.6. The number of carboxylic acid groups (broad SMARTS) is 1. The normalized spacial score (nSPS) is 15.5. The monoisotopic (exact) mass is 492 g/mol. The lowest BCUT2D eigenvalue weighted by Crippen LogP contribution is -2.41. The van der Waals surface area contributed by atoms with Crippen LogP contribution in [0.15, 0.2) is 83.9 Å². The molecule has 0 aliphatic carbocycles. The maximum atomic E-state index is 13.4. The van der Waals surface area contributed by atoms with Crippen molar-refractivity contribution >= 4 is 32.6 Å². The molecule has 180 valence electrons. The molecule has 3 aromatic carbocycles. The quantitative estimate of drug-likeness (QED) is 0.419. The van der Waals surface area contributed by atoms with Crippen molar-refractivity contribution in [2.24, 2.45) is 0 Å². The van der Waals surface area contributed by atoms with E-state index in [0.29, 0.717) is 35.4 Å². The number of carboxylic acids is 1. The fraction of sp³-hybridized carbons (Fsp3) is 0.192. The van der Waals surface area contributed by atoms with E-state index in [4.69, 9.17) is 9.47 Å². The number of carbonyl (C=O) groups is 1. The topological polar surface area (TPSA) is 98.1 Å². The second-order valence-electron chi connectivity index (χ2n) is 8.41. The summed E-state index contributed by atoms with van der Waals surface area (Å²) in [6, 6.07) is 20.9. The van der Waals surface area contributed by atoms with Gasteiger partial charge in [-0.3, -0.25) is 4.79 Å². The number of nitrogens with zero attached hydrogens (tertiary/aromatic N) is 2. The smallest absolute Gasteiger partial charge is 0.307 e. The minimum absolute atomic E-state index is 0.0788. The molecule has 1 atom stereocenters. The van der Waals surface area contributed by atoms with Gasteiger partial charge in [-0.25, -0.2) is 12.4 Å². The van der Waals surface area contributed by atoms with E-state index in [-0.39, 0.29) is 17.4 Å². The van der Waals surface area contributed by atoms with Crippen LogP contribution in [0.1, 0.15) is 5.56 Å². The summed E-state index contributed by atoms with van der Waals surface area (Å²) in [5.74, 6) is 0.305. The number of benzene rings is 3. The third-order valence-corrected chi connectivity index (χ3v) is 7.65. The standard InChI is InChI=1S/C26H24N2O6S/c1-27-16-20(34-25-9-5-4-8-24(25)27)17-33-19-10-12-21(13-11-19)35(31,32)28-15-18(14-26(29)30)22-6-2-3-7-23(22)28/h2-13,15,20H,14,16-17H2,1H3,(H,29,30)/t20-/m0/s1. The Kier molecular flexibility index (Phi) is 5.86. The lowest BCUT2D eigenvalue weighted by Gasteiger charge is -2.33.